The number of hydrogen-bond donors (Lipinski definition) is 1. The lowest BCUT2D eigenvalue weighted by Crippen LogP contribution is -1.98. The summed E-state index contributed by atoms with van der Waals surface area (Å²) in [6.45, 7) is 4.29. The first-order valence-electron chi connectivity index (χ1n) is 3.51. The molecule has 1 atom stereocenters. The predicted molar refractivity (Wildman–Crippen MR) is 42.2 cm³/mol. The second-order valence-corrected chi connectivity index (χ2v) is 4.23. The van der Waals surface area contributed by atoms with Crippen LogP contribution in [0.3, 0.4) is 0 Å². The molecule has 68 valence electrons. The first-order chi connectivity index (χ1) is 4.98. The zero-order chi connectivity index (χ0) is 8.91. The number of rotatable bonds is 5. The molecule has 0 aromatic heterocycles. The van der Waals surface area contributed by atoms with Crippen LogP contribution in [0.2, 0.25) is 0 Å². The Labute approximate surface area is 67.1 Å². The van der Waals surface area contributed by atoms with Gasteiger partial charge >= 0.3 is 7.82 Å². The van der Waals surface area contributed by atoms with E-state index in [2.05, 4.69) is 9.05 Å². The Morgan fingerprint density at radius 3 is 2.45 bits per heavy atom. The Morgan fingerprint density at radius 1 is 1.55 bits per heavy atom. The molecule has 0 radical (unpaired) electrons. The van der Waals surface area contributed by atoms with Gasteiger partial charge < -0.3 is 4.89 Å². The highest BCUT2D eigenvalue weighted by atomic mass is 31.2. The van der Waals surface area contributed by atoms with Gasteiger partial charge in [-0.25, -0.2) is 4.57 Å². The lowest BCUT2D eigenvalue weighted by Gasteiger charge is -2.09. The highest BCUT2D eigenvalue weighted by molar-refractivity contribution is 7.47. The van der Waals surface area contributed by atoms with E-state index in [4.69, 9.17) is 4.89 Å². The zero-order valence-corrected chi connectivity index (χ0v) is 8.01. The summed E-state index contributed by atoms with van der Waals surface area (Å²) in [7, 11) is -2.58. The number of phosphoric acid groups is 1. The van der Waals surface area contributed by atoms with Crippen LogP contribution in [0.15, 0.2) is 0 Å². The third-order valence-corrected chi connectivity index (χ3v) is 2.15. The Morgan fingerprint density at radius 2 is 2.09 bits per heavy atom. The van der Waals surface area contributed by atoms with Gasteiger partial charge in [-0.2, -0.15) is 0 Å². The SMILES string of the molecule is COP(=O)(O)OCCC(C)C. The fraction of sp³-hybridized carbons (Fsp3) is 1.00. The van der Waals surface area contributed by atoms with Gasteiger partial charge in [0.15, 0.2) is 0 Å². The normalized spacial score (nSPS) is 16.8. The molecule has 0 aliphatic carbocycles. The van der Waals surface area contributed by atoms with Crippen LogP contribution in [0.4, 0.5) is 0 Å². The molecule has 0 rings (SSSR count). The topological polar surface area (TPSA) is 55.8 Å². The summed E-state index contributed by atoms with van der Waals surface area (Å²) in [5.74, 6) is 0.465. The minimum Gasteiger partial charge on any atom is -0.303 e. The van der Waals surface area contributed by atoms with Crippen LogP contribution in [-0.2, 0) is 13.6 Å². The van der Waals surface area contributed by atoms with Gasteiger partial charge in [0.05, 0.1) is 6.61 Å². The van der Waals surface area contributed by atoms with Crippen molar-refractivity contribution in [3.8, 4) is 0 Å². The van der Waals surface area contributed by atoms with E-state index in [-0.39, 0.29) is 6.61 Å². The summed E-state index contributed by atoms with van der Waals surface area (Å²) in [6, 6.07) is 0. The molecule has 0 bridgehead atoms. The molecule has 0 amide bonds. The molecule has 1 N–H and O–H groups in total. The van der Waals surface area contributed by atoms with Gasteiger partial charge in [-0.05, 0) is 12.3 Å². The van der Waals surface area contributed by atoms with Crippen molar-refractivity contribution in [3.05, 3.63) is 0 Å². The standard InChI is InChI=1S/C6H15O4P/c1-6(2)4-5-10-11(7,8)9-3/h6H,4-5H2,1-3H3,(H,7,8). The van der Waals surface area contributed by atoms with E-state index < -0.39 is 7.82 Å². The minimum atomic E-state index is -3.73. The molecule has 0 spiro atoms. The highest BCUT2D eigenvalue weighted by Crippen LogP contribution is 2.41. The third-order valence-electron chi connectivity index (χ3n) is 1.18. The second kappa shape index (κ2) is 4.88. The van der Waals surface area contributed by atoms with E-state index >= 15 is 0 Å². The molecule has 0 fully saturated rings. The molecular formula is C6H15O4P. The predicted octanol–water partition coefficient (Wildman–Crippen LogP) is 1.80. The molecule has 0 heterocycles. The largest absolute Gasteiger partial charge is 0.471 e. The molecule has 5 heteroatoms. The Balaban J connectivity index is 3.46. The van der Waals surface area contributed by atoms with Crippen molar-refractivity contribution in [3.63, 3.8) is 0 Å². The molecule has 0 saturated heterocycles. The smallest absolute Gasteiger partial charge is 0.303 e. The molecule has 4 nitrogen and oxygen atoms in total. The Kier molecular flexibility index (Phi) is 4.93. The fourth-order valence-electron chi connectivity index (χ4n) is 0.456. The van der Waals surface area contributed by atoms with Gasteiger partial charge in [0.25, 0.3) is 0 Å². The summed E-state index contributed by atoms with van der Waals surface area (Å²) in [4.78, 5) is 8.75. The van der Waals surface area contributed by atoms with E-state index in [1.165, 1.54) is 0 Å². The quantitative estimate of drug-likeness (QED) is 0.658. The summed E-state index contributed by atoms with van der Waals surface area (Å²) in [5, 5.41) is 0. The van der Waals surface area contributed by atoms with Crippen molar-refractivity contribution < 1.29 is 18.5 Å². The van der Waals surface area contributed by atoms with Gasteiger partial charge in [0.1, 0.15) is 0 Å². The Hall–Kier alpha value is 0.110. The van der Waals surface area contributed by atoms with Gasteiger partial charge in [-0.15, -0.1) is 0 Å². The van der Waals surface area contributed by atoms with E-state index in [1.54, 1.807) is 0 Å². The van der Waals surface area contributed by atoms with Gasteiger partial charge in [0, 0.05) is 7.11 Å². The van der Waals surface area contributed by atoms with Gasteiger partial charge in [0.2, 0.25) is 0 Å². The summed E-state index contributed by atoms with van der Waals surface area (Å²) in [5.41, 5.74) is 0. The van der Waals surface area contributed by atoms with E-state index in [0.717, 1.165) is 13.5 Å². The van der Waals surface area contributed by atoms with Gasteiger partial charge in [-0.1, -0.05) is 13.8 Å². The zero-order valence-electron chi connectivity index (χ0n) is 7.11. The molecule has 11 heavy (non-hydrogen) atoms. The van der Waals surface area contributed by atoms with Crippen LogP contribution in [-0.4, -0.2) is 18.6 Å². The molecule has 1 unspecified atom stereocenters. The highest BCUT2D eigenvalue weighted by Gasteiger charge is 2.17. The molecule has 0 aromatic carbocycles. The van der Waals surface area contributed by atoms with Crippen molar-refractivity contribution in [1.29, 1.82) is 0 Å². The van der Waals surface area contributed by atoms with Crippen molar-refractivity contribution in [2.45, 2.75) is 20.3 Å². The summed E-state index contributed by atoms with van der Waals surface area (Å²) < 4.78 is 19.5. The van der Waals surface area contributed by atoms with Gasteiger partial charge in [-0.3, -0.25) is 9.05 Å². The van der Waals surface area contributed by atoms with Crippen molar-refractivity contribution >= 4 is 7.82 Å². The average Bonchev–Trinajstić information content (AvgIpc) is 1.87. The maximum Gasteiger partial charge on any atom is 0.471 e. The van der Waals surface area contributed by atoms with E-state index in [0.29, 0.717) is 5.92 Å². The summed E-state index contributed by atoms with van der Waals surface area (Å²) in [6.07, 6.45) is 0.758. The lowest BCUT2D eigenvalue weighted by atomic mass is 10.2. The van der Waals surface area contributed by atoms with Crippen molar-refractivity contribution in [1.82, 2.24) is 0 Å². The molecule has 0 aromatic rings. The van der Waals surface area contributed by atoms with Crippen LogP contribution < -0.4 is 0 Å². The van der Waals surface area contributed by atoms with Crippen LogP contribution in [0.25, 0.3) is 0 Å². The van der Waals surface area contributed by atoms with Crippen LogP contribution in [0, 0.1) is 5.92 Å². The first-order valence-corrected chi connectivity index (χ1v) is 5.00. The van der Waals surface area contributed by atoms with Crippen LogP contribution >= 0.6 is 7.82 Å². The average molecular weight is 182 g/mol. The number of phosphoric ester groups is 1. The lowest BCUT2D eigenvalue weighted by molar-refractivity contribution is 0.166. The van der Waals surface area contributed by atoms with E-state index in [9.17, 15) is 4.57 Å². The number of hydrogen-bond acceptors (Lipinski definition) is 3. The van der Waals surface area contributed by atoms with Crippen molar-refractivity contribution in [2.24, 2.45) is 5.92 Å². The minimum absolute atomic E-state index is 0.263. The molecular weight excluding hydrogens is 167 g/mol. The second-order valence-electron chi connectivity index (χ2n) is 2.67. The maximum absolute atomic E-state index is 10.7. The maximum atomic E-state index is 10.7. The first kappa shape index (κ1) is 11.1. The van der Waals surface area contributed by atoms with Crippen molar-refractivity contribution in [2.75, 3.05) is 13.7 Å². The summed E-state index contributed by atoms with van der Waals surface area (Å²) >= 11 is 0. The third kappa shape index (κ3) is 6.51. The van der Waals surface area contributed by atoms with Crippen LogP contribution in [0.5, 0.6) is 0 Å². The fourth-order valence-corrected chi connectivity index (χ4v) is 0.898. The monoisotopic (exact) mass is 182 g/mol. The molecule has 0 aliphatic heterocycles. The molecule has 0 aliphatic rings. The Bertz CT molecular complexity index is 146. The van der Waals surface area contributed by atoms with Crippen LogP contribution in [0.1, 0.15) is 20.3 Å². The molecule has 0 saturated carbocycles. The van der Waals surface area contributed by atoms with E-state index in [1.807, 2.05) is 13.8 Å².